The molecule has 1 aliphatic rings. The molecule has 0 saturated heterocycles. The first-order valence-electron chi connectivity index (χ1n) is 10.6. The van der Waals surface area contributed by atoms with Crippen LogP contribution in [0.3, 0.4) is 0 Å². The van der Waals surface area contributed by atoms with Gasteiger partial charge in [-0.1, -0.05) is 30.3 Å². The quantitative estimate of drug-likeness (QED) is 0.180. The van der Waals surface area contributed by atoms with E-state index in [4.69, 9.17) is 4.74 Å². The highest BCUT2D eigenvalue weighted by Gasteiger charge is 2.31. The van der Waals surface area contributed by atoms with Crippen LogP contribution < -0.4 is 4.90 Å². The molecule has 1 N–H and O–H groups in total. The molecule has 2 aromatic carbocycles. The number of hydrogen-bond acceptors (Lipinski definition) is 4. The third-order valence-corrected chi connectivity index (χ3v) is 6.68. The van der Waals surface area contributed by atoms with E-state index in [1.54, 1.807) is 6.92 Å². The average Bonchev–Trinajstić information content (AvgIpc) is 3.20. The fourth-order valence-corrected chi connectivity index (χ4v) is 5.17. The van der Waals surface area contributed by atoms with E-state index in [2.05, 4.69) is 4.99 Å². The van der Waals surface area contributed by atoms with E-state index in [1.807, 2.05) is 30.3 Å². The maximum atomic E-state index is 14.1. The van der Waals surface area contributed by atoms with Gasteiger partial charge in [0, 0.05) is 18.2 Å². The van der Waals surface area contributed by atoms with Crippen molar-refractivity contribution in [2.45, 2.75) is 26.4 Å². The second kappa shape index (κ2) is 10.0. The highest BCUT2D eigenvalue weighted by atomic mass is 32.1. The smallest absolute Gasteiger partial charge is 0.341 e. The summed E-state index contributed by atoms with van der Waals surface area (Å²) >= 11 is 1.15. The number of benzene rings is 2. The molecule has 1 aromatic heterocycles. The number of aliphatic imine (C=N–C) groups is 1. The molecule has 0 saturated carbocycles. The summed E-state index contributed by atoms with van der Waals surface area (Å²) in [5.74, 6) is -11.0. The van der Waals surface area contributed by atoms with E-state index >= 15 is 0 Å². The molecule has 10 heteroatoms. The Bertz CT molecular complexity index is 1230. The van der Waals surface area contributed by atoms with E-state index in [0.717, 1.165) is 40.4 Å². The van der Waals surface area contributed by atoms with Gasteiger partial charge in [-0.2, -0.15) is 0 Å². The van der Waals surface area contributed by atoms with Crippen molar-refractivity contribution < 1.29 is 36.4 Å². The molecule has 178 valence electrons. The molecule has 34 heavy (non-hydrogen) atoms. The van der Waals surface area contributed by atoms with Crippen LogP contribution in [-0.4, -0.2) is 25.3 Å². The largest absolute Gasteiger partial charge is 0.462 e. The van der Waals surface area contributed by atoms with E-state index in [1.165, 1.54) is 4.90 Å². The second-order valence-electron chi connectivity index (χ2n) is 7.74. The van der Waals surface area contributed by atoms with Crippen molar-refractivity contribution in [1.82, 2.24) is 0 Å². The van der Waals surface area contributed by atoms with E-state index in [9.17, 15) is 26.7 Å². The monoisotopic (exact) mass is 495 g/mol. The number of carbonyl (C=O) groups is 1. The zero-order chi connectivity index (χ0) is 24.4. The van der Waals surface area contributed by atoms with Gasteiger partial charge in [0.2, 0.25) is 5.82 Å². The number of hydrogen-bond donors (Lipinski definition) is 1. The van der Waals surface area contributed by atoms with Crippen LogP contribution in [0.2, 0.25) is 0 Å². The molecule has 1 unspecified atom stereocenters. The Labute approximate surface area is 196 Å². The molecule has 4 nitrogen and oxygen atoms in total. The molecule has 0 aliphatic carbocycles. The molecular weight excluding hydrogens is 475 g/mol. The minimum Gasteiger partial charge on any atom is -0.462 e. The van der Waals surface area contributed by atoms with Crippen molar-refractivity contribution in [3.05, 3.63) is 86.5 Å². The Kier molecular flexibility index (Phi) is 7.08. The Morgan fingerprint density at radius 3 is 2.35 bits per heavy atom. The number of nitrogens with one attached hydrogen (secondary N) is 1. The number of esters is 1. The van der Waals surface area contributed by atoms with Gasteiger partial charge in [-0.15, -0.1) is 11.3 Å². The first-order valence-corrected chi connectivity index (χ1v) is 11.4. The number of fused-ring (bicyclic) bond motifs is 1. The van der Waals surface area contributed by atoms with Crippen LogP contribution in [0.15, 0.2) is 35.3 Å². The number of rotatable bonds is 6. The lowest BCUT2D eigenvalue weighted by atomic mass is 10.0. The molecular formula is C24H20F5N2O2S+. The molecule has 4 rings (SSSR count). The van der Waals surface area contributed by atoms with Crippen molar-refractivity contribution >= 4 is 28.5 Å². The molecule has 0 spiro atoms. The minimum absolute atomic E-state index is 0.105. The molecule has 0 fully saturated rings. The number of ether oxygens (including phenoxy) is 1. The zero-order valence-electron chi connectivity index (χ0n) is 18.1. The first kappa shape index (κ1) is 24.0. The summed E-state index contributed by atoms with van der Waals surface area (Å²) in [6.45, 7) is 3.86. The van der Waals surface area contributed by atoms with E-state index in [0.29, 0.717) is 19.2 Å². The lowest BCUT2D eigenvalue weighted by Crippen LogP contribution is -3.10. The van der Waals surface area contributed by atoms with Gasteiger partial charge in [-0.05, 0) is 12.5 Å². The lowest BCUT2D eigenvalue weighted by molar-refractivity contribution is -0.929. The molecule has 2 heterocycles. The maximum Gasteiger partial charge on any atom is 0.341 e. The van der Waals surface area contributed by atoms with Gasteiger partial charge in [-0.3, -0.25) is 0 Å². The van der Waals surface area contributed by atoms with Crippen molar-refractivity contribution in [2.24, 2.45) is 4.99 Å². The van der Waals surface area contributed by atoms with Crippen LogP contribution in [0.5, 0.6) is 0 Å². The number of nitrogens with zero attached hydrogens (tertiary/aromatic N) is 1. The summed E-state index contributed by atoms with van der Waals surface area (Å²) < 4.78 is 73.7. The molecule has 0 amide bonds. The number of thiophene rings is 1. The zero-order valence-corrected chi connectivity index (χ0v) is 18.9. The number of carbonyl (C=O) groups excluding carboxylic acids is 1. The van der Waals surface area contributed by atoms with Gasteiger partial charge in [0.1, 0.15) is 23.7 Å². The van der Waals surface area contributed by atoms with Gasteiger partial charge in [-0.25, -0.2) is 31.7 Å². The average molecular weight is 495 g/mol. The fourth-order valence-electron chi connectivity index (χ4n) is 3.92. The van der Waals surface area contributed by atoms with Gasteiger partial charge < -0.3 is 9.64 Å². The van der Waals surface area contributed by atoms with Crippen LogP contribution in [-0.2, 0) is 24.2 Å². The van der Waals surface area contributed by atoms with Crippen LogP contribution in [0.1, 0.15) is 38.8 Å². The molecule has 3 aromatic rings. The lowest BCUT2D eigenvalue weighted by Gasteiger charge is -2.24. The highest BCUT2D eigenvalue weighted by Crippen LogP contribution is 2.37. The Balaban J connectivity index is 1.69. The SMILES string of the molecule is CCOC(=O)c1c(N=Cc2c(F)c(F)c(F)c(F)c2F)sc2c1CC[NH+](Cc1ccccc1)C2. The van der Waals surface area contributed by atoms with Gasteiger partial charge in [0.25, 0.3) is 0 Å². The summed E-state index contributed by atoms with van der Waals surface area (Å²) in [6.07, 6.45) is 1.12. The topological polar surface area (TPSA) is 43.1 Å². The summed E-state index contributed by atoms with van der Waals surface area (Å²) in [6, 6.07) is 9.91. The van der Waals surface area contributed by atoms with Crippen LogP contribution >= 0.6 is 11.3 Å². The van der Waals surface area contributed by atoms with Gasteiger partial charge in [0.05, 0.1) is 23.6 Å². The normalized spacial score (nSPS) is 15.5. The summed E-state index contributed by atoms with van der Waals surface area (Å²) in [7, 11) is 0. The third-order valence-electron chi connectivity index (χ3n) is 5.54. The number of quaternary nitrogens is 1. The van der Waals surface area contributed by atoms with Crippen LogP contribution in [0.4, 0.5) is 27.0 Å². The molecule has 1 atom stereocenters. The maximum absolute atomic E-state index is 14.1. The predicted molar refractivity (Wildman–Crippen MR) is 117 cm³/mol. The standard InChI is InChI=1S/C24H19F5N2O2S/c1-2-33-24(32)17-14-8-9-31(11-13-6-4-3-5-7-13)12-16(14)34-23(17)30-10-15-18(25)20(27)22(29)21(28)19(15)26/h3-7,10H,2,8-9,11-12H2,1H3/p+1. The molecule has 0 radical (unpaired) electrons. The third kappa shape index (κ3) is 4.60. The van der Waals surface area contributed by atoms with Crippen LogP contribution in [0, 0.1) is 29.1 Å². The van der Waals surface area contributed by atoms with Crippen molar-refractivity contribution in [3.8, 4) is 0 Å². The second-order valence-corrected chi connectivity index (χ2v) is 8.82. The van der Waals surface area contributed by atoms with Gasteiger partial charge in [0.15, 0.2) is 23.3 Å². The summed E-state index contributed by atoms with van der Waals surface area (Å²) in [5.41, 5.74) is 0.896. The summed E-state index contributed by atoms with van der Waals surface area (Å²) in [4.78, 5) is 18.8. The van der Waals surface area contributed by atoms with Crippen molar-refractivity contribution in [2.75, 3.05) is 13.2 Å². The van der Waals surface area contributed by atoms with Crippen molar-refractivity contribution in [1.29, 1.82) is 0 Å². The van der Waals surface area contributed by atoms with E-state index in [-0.39, 0.29) is 17.2 Å². The van der Waals surface area contributed by atoms with E-state index < -0.39 is 40.6 Å². The van der Waals surface area contributed by atoms with Gasteiger partial charge >= 0.3 is 5.97 Å². The van der Waals surface area contributed by atoms with Crippen molar-refractivity contribution in [3.63, 3.8) is 0 Å². The molecule has 1 aliphatic heterocycles. The minimum atomic E-state index is -2.24. The Hall–Kier alpha value is -3.11. The Morgan fingerprint density at radius 2 is 1.71 bits per heavy atom. The highest BCUT2D eigenvalue weighted by molar-refractivity contribution is 7.16. The first-order chi connectivity index (χ1) is 16.3. The van der Waals surface area contributed by atoms with Crippen LogP contribution in [0.25, 0.3) is 0 Å². The molecule has 0 bridgehead atoms. The summed E-state index contributed by atoms with van der Waals surface area (Å²) in [5, 5.41) is 0.105. The number of halogens is 5. The fraction of sp³-hybridized carbons (Fsp3) is 0.250. The predicted octanol–water partition coefficient (Wildman–Crippen LogP) is 4.51. The Morgan fingerprint density at radius 1 is 1.06 bits per heavy atom.